The third-order valence-corrected chi connectivity index (χ3v) is 4.94. The Morgan fingerprint density at radius 2 is 1.66 bits per heavy atom. The van der Waals surface area contributed by atoms with Gasteiger partial charge in [-0.15, -0.1) is 0 Å². The molecule has 0 unspecified atom stereocenters. The lowest BCUT2D eigenvalue weighted by atomic mass is 9.89. The minimum Gasteiger partial charge on any atom is -0.493 e. The number of benzene rings is 2. The molecule has 0 bridgehead atoms. The van der Waals surface area contributed by atoms with E-state index in [4.69, 9.17) is 19.5 Å². The Hall–Kier alpha value is -2.67. The molecule has 0 saturated carbocycles. The van der Waals surface area contributed by atoms with Crippen LogP contribution in [-0.4, -0.2) is 13.7 Å². The van der Waals surface area contributed by atoms with Gasteiger partial charge in [0.05, 0.1) is 25.2 Å². The van der Waals surface area contributed by atoms with E-state index in [0.717, 1.165) is 49.0 Å². The van der Waals surface area contributed by atoms with Crippen molar-refractivity contribution in [3.63, 3.8) is 0 Å². The quantitative estimate of drug-likeness (QED) is 0.394. The van der Waals surface area contributed by atoms with Gasteiger partial charge in [0.2, 0.25) is 5.75 Å². The van der Waals surface area contributed by atoms with E-state index in [9.17, 15) is 0 Å². The largest absolute Gasteiger partial charge is 0.493 e. The number of aryl methyl sites for hydroxylation is 1. The maximum absolute atomic E-state index is 9.11. The number of hydrogen-bond donors (Lipinski definition) is 0. The molecule has 2 rings (SSSR count). The third-order valence-electron chi connectivity index (χ3n) is 4.94. The van der Waals surface area contributed by atoms with Gasteiger partial charge in [0.25, 0.3) is 0 Å². The highest BCUT2D eigenvalue weighted by Crippen LogP contribution is 2.39. The van der Waals surface area contributed by atoms with Crippen molar-refractivity contribution in [2.75, 3.05) is 13.7 Å². The summed E-state index contributed by atoms with van der Waals surface area (Å²) in [7, 11) is 1.66. The van der Waals surface area contributed by atoms with Crippen LogP contribution < -0.4 is 14.2 Å². The second-order valence-electron chi connectivity index (χ2n) is 7.91. The Balaban J connectivity index is 1.99. The highest BCUT2D eigenvalue weighted by Gasteiger charge is 2.16. The van der Waals surface area contributed by atoms with Crippen molar-refractivity contribution in [3.8, 4) is 23.3 Å². The van der Waals surface area contributed by atoms with Gasteiger partial charge < -0.3 is 14.2 Å². The van der Waals surface area contributed by atoms with E-state index < -0.39 is 0 Å². The van der Waals surface area contributed by atoms with E-state index >= 15 is 0 Å². The number of nitriles is 1. The number of methoxy groups -OCH3 is 1. The monoisotopic (exact) mass is 395 g/mol. The average molecular weight is 396 g/mol. The highest BCUT2D eigenvalue weighted by molar-refractivity contribution is 5.54. The summed E-state index contributed by atoms with van der Waals surface area (Å²) in [5, 5.41) is 9.11. The van der Waals surface area contributed by atoms with Crippen LogP contribution in [0.3, 0.4) is 0 Å². The fourth-order valence-electron chi connectivity index (χ4n) is 3.05. The molecule has 156 valence electrons. The van der Waals surface area contributed by atoms with Crippen LogP contribution in [0, 0.1) is 16.7 Å². The smallest absolute Gasteiger partial charge is 0.203 e. The molecule has 2 aromatic rings. The summed E-state index contributed by atoms with van der Waals surface area (Å²) in [5.74, 6) is 2.08. The van der Waals surface area contributed by atoms with Crippen LogP contribution in [0.1, 0.15) is 57.6 Å². The SMILES string of the molecule is CCc1cc(OC)c(OCc2ccccc2)c(OCCCCCC(C)(C)C#N)c1. The zero-order valence-electron chi connectivity index (χ0n) is 18.2. The van der Waals surface area contributed by atoms with E-state index in [0.29, 0.717) is 24.7 Å². The minimum atomic E-state index is -0.248. The Kier molecular flexibility index (Phi) is 8.86. The van der Waals surface area contributed by atoms with Gasteiger partial charge in [-0.05, 0) is 56.4 Å². The molecule has 0 heterocycles. The summed E-state index contributed by atoms with van der Waals surface area (Å²) in [6.45, 7) is 7.16. The van der Waals surface area contributed by atoms with Crippen LogP contribution in [-0.2, 0) is 13.0 Å². The van der Waals surface area contributed by atoms with E-state index in [-0.39, 0.29) is 5.41 Å². The first-order valence-corrected chi connectivity index (χ1v) is 10.4. The van der Waals surface area contributed by atoms with Gasteiger partial charge in [-0.3, -0.25) is 0 Å². The van der Waals surface area contributed by atoms with Gasteiger partial charge in [-0.1, -0.05) is 50.1 Å². The maximum atomic E-state index is 9.11. The summed E-state index contributed by atoms with van der Waals surface area (Å²) in [5.41, 5.74) is 2.00. The average Bonchev–Trinajstić information content (AvgIpc) is 2.75. The predicted molar refractivity (Wildman–Crippen MR) is 117 cm³/mol. The summed E-state index contributed by atoms with van der Waals surface area (Å²) >= 11 is 0. The summed E-state index contributed by atoms with van der Waals surface area (Å²) in [6, 6.07) is 16.5. The van der Waals surface area contributed by atoms with Gasteiger partial charge in [0, 0.05) is 0 Å². The molecule has 0 saturated heterocycles. The molecule has 4 nitrogen and oxygen atoms in total. The second-order valence-corrected chi connectivity index (χ2v) is 7.91. The Labute approximate surface area is 175 Å². The summed E-state index contributed by atoms with van der Waals surface area (Å²) in [6.07, 6.45) is 4.82. The second kappa shape index (κ2) is 11.4. The molecule has 0 aliphatic rings. The van der Waals surface area contributed by atoms with Gasteiger partial charge >= 0.3 is 0 Å². The van der Waals surface area contributed by atoms with Gasteiger partial charge in [-0.2, -0.15) is 5.26 Å². The molecule has 0 radical (unpaired) electrons. The lowest BCUT2D eigenvalue weighted by Gasteiger charge is -2.18. The number of ether oxygens (including phenoxy) is 3. The predicted octanol–water partition coefficient (Wildman–Crippen LogP) is 6.33. The highest BCUT2D eigenvalue weighted by atomic mass is 16.5. The van der Waals surface area contributed by atoms with E-state index in [1.165, 1.54) is 0 Å². The topological polar surface area (TPSA) is 51.5 Å². The normalized spacial score (nSPS) is 11.0. The molecule has 0 fully saturated rings. The molecule has 0 aromatic heterocycles. The molecule has 0 aliphatic heterocycles. The number of rotatable bonds is 12. The van der Waals surface area contributed by atoms with E-state index in [1.807, 2.05) is 56.3 Å². The van der Waals surface area contributed by atoms with Gasteiger partial charge in [-0.25, -0.2) is 0 Å². The fraction of sp³-hybridized carbons (Fsp3) is 0.480. The van der Waals surface area contributed by atoms with Crippen molar-refractivity contribution >= 4 is 0 Å². The number of unbranched alkanes of at least 4 members (excludes halogenated alkanes) is 2. The lowest BCUT2D eigenvalue weighted by molar-refractivity contribution is 0.244. The first kappa shape index (κ1) is 22.6. The van der Waals surface area contributed by atoms with Crippen LogP contribution in [0.4, 0.5) is 0 Å². The Morgan fingerprint density at radius 1 is 0.931 bits per heavy atom. The Morgan fingerprint density at radius 3 is 2.31 bits per heavy atom. The van der Waals surface area contributed by atoms with Crippen molar-refractivity contribution in [1.82, 2.24) is 0 Å². The zero-order chi connectivity index (χ0) is 21.1. The molecule has 0 spiro atoms. The van der Waals surface area contributed by atoms with Gasteiger partial charge in [0.15, 0.2) is 11.5 Å². The lowest BCUT2D eigenvalue weighted by Crippen LogP contribution is -2.08. The van der Waals surface area contributed by atoms with Crippen LogP contribution in [0.2, 0.25) is 0 Å². The minimum absolute atomic E-state index is 0.248. The first-order valence-electron chi connectivity index (χ1n) is 10.4. The zero-order valence-corrected chi connectivity index (χ0v) is 18.2. The Bertz CT molecular complexity index is 794. The standard InChI is InChI=1S/C25H33NO3/c1-5-20-16-22(27-4)24(29-18-21-12-8-6-9-13-21)23(17-20)28-15-11-7-10-14-25(2,3)19-26/h6,8-9,12-13,16-17H,5,7,10-11,14-15,18H2,1-4H3. The van der Waals surface area contributed by atoms with Crippen LogP contribution in [0.5, 0.6) is 17.2 Å². The van der Waals surface area contributed by atoms with Crippen LogP contribution in [0.15, 0.2) is 42.5 Å². The first-order chi connectivity index (χ1) is 14.0. The van der Waals surface area contributed by atoms with E-state index in [1.54, 1.807) is 7.11 Å². The summed E-state index contributed by atoms with van der Waals surface area (Å²) in [4.78, 5) is 0. The van der Waals surface area contributed by atoms with Gasteiger partial charge in [0.1, 0.15) is 6.61 Å². The van der Waals surface area contributed by atoms with Crippen molar-refractivity contribution < 1.29 is 14.2 Å². The number of nitrogens with zero attached hydrogens (tertiary/aromatic N) is 1. The molecular formula is C25H33NO3. The van der Waals surface area contributed by atoms with E-state index in [2.05, 4.69) is 13.0 Å². The molecule has 0 atom stereocenters. The molecule has 0 amide bonds. The molecule has 29 heavy (non-hydrogen) atoms. The maximum Gasteiger partial charge on any atom is 0.203 e. The summed E-state index contributed by atoms with van der Waals surface area (Å²) < 4.78 is 17.8. The van der Waals surface area contributed by atoms with Crippen molar-refractivity contribution in [1.29, 1.82) is 5.26 Å². The van der Waals surface area contributed by atoms with Crippen LogP contribution >= 0.6 is 0 Å². The molecular weight excluding hydrogens is 362 g/mol. The van der Waals surface area contributed by atoms with Crippen LogP contribution in [0.25, 0.3) is 0 Å². The third kappa shape index (κ3) is 7.34. The van der Waals surface area contributed by atoms with Crippen molar-refractivity contribution in [2.45, 2.75) is 59.5 Å². The fourth-order valence-corrected chi connectivity index (χ4v) is 3.05. The van der Waals surface area contributed by atoms with Crippen molar-refractivity contribution in [3.05, 3.63) is 53.6 Å². The molecule has 0 aliphatic carbocycles. The number of hydrogen-bond acceptors (Lipinski definition) is 4. The molecule has 2 aromatic carbocycles. The van der Waals surface area contributed by atoms with Crippen molar-refractivity contribution in [2.24, 2.45) is 5.41 Å². The molecule has 0 N–H and O–H groups in total. The molecule has 4 heteroatoms.